The lowest BCUT2D eigenvalue weighted by Crippen LogP contribution is -2.42. The van der Waals surface area contributed by atoms with Crippen LogP contribution in [-0.2, 0) is 0 Å². The van der Waals surface area contributed by atoms with Gasteiger partial charge in [0, 0.05) is 18.7 Å². The van der Waals surface area contributed by atoms with Gasteiger partial charge in [0.1, 0.15) is 5.75 Å². The topological polar surface area (TPSA) is 52.5 Å². The Balaban J connectivity index is 1.49. The van der Waals surface area contributed by atoms with E-state index in [-0.39, 0.29) is 0 Å². The van der Waals surface area contributed by atoms with Crippen molar-refractivity contribution in [1.29, 1.82) is 0 Å². The number of hydrogen-bond donors (Lipinski definition) is 3. The second-order valence-corrected chi connectivity index (χ2v) is 6.76. The summed E-state index contributed by atoms with van der Waals surface area (Å²) in [7, 11) is 0. The van der Waals surface area contributed by atoms with Gasteiger partial charge in [0.15, 0.2) is 0 Å². The molecule has 3 heteroatoms. The molecule has 2 aliphatic carbocycles. The van der Waals surface area contributed by atoms with Crippen molar-refractivity contribution in [1.82, 2.24) is 5.32 Å². The number of hydrogen-bond acceptors (Lipinski definition) is 3. The molecule has 0 saturated heterocycles. The van der Waals surface area contributed by atoms with Gasteiger partial charge in [-0.3, -0.25) is 0 Å². The van der Waals surface area contributed by atoms with Crippen LogP contribution in [0.15, 0.2) is 24.3 Å². The van der Waals surface area contributed by atoms with Gasteiger partial charge in [-0.15, -0.1) is 0 Å². The van der Waals surface area contributed by atoms with Gasteiger partial charge in [-0.05, 0) is 74.5 Å². The van der Waals surface area contributed by atoms with Crippen molar-refractivity contribution in [3.8, 4) is 5.75 Å². The van der Waals surface area contributed by atoms with E-state index in [2.05, 4.69) is 17.4 Å². The summed E-state index contributed by atoms with van der Waals surface area (Å²) in [5.74, 6) is 1.80. The van der Waals surface area contributed by atoms with Crippen LogP contribution in [0.1, 0.15) is 56.4 Å². The fourth-order valence-corrected chi connectivity index (χ4v) is 3.74. The molecule has 0 heterocycles. The Kier molecular flexibility index (Phi) is 4.81. The molecule has 1 atom stereocenters. The van der Waals surface area contributed by atoms with Crippen molar-refractivity contribution in [2.45, 2.75) is 62.9 Å². The number of benzene rings is 1. The maximum Gasteiger partial charge on any atom is 0.115 e. The van der Waals surface area contributed by atoms with Crippen molar-refractivity contribution in [2.75, 3.05) is 6.61 Å². The predicted octanol–water partition coefficient (Wildman–Crippen LogP) is 3.17. The Labute approximate surface area is 127 Å². The summed E-state index contributed by atoms with van der Waals surface area (Å²) in [6.07, 6.45) is 8.46. The Morgan fingerprint density at radius 3 is 2.24 bits per heavy atom. The van der Waals surface area contributed by atoms with Gasteiger partial charge in [-0.1, -0.05) is 12.1 Å². The first-order valence-corrected chi connectivity index (χ1v) is 8.42. The maximum atomic E-state index is 9.37. The largest absolute Gasteiger partial charge is 0.508 e. The van der Waals surface area contributed by atoms with Crippen LogP contribution in [0.25, 0.3) is 0 Å². The van der Waals surface area contributed by atoms with Crippen molar-refractivity contribution < 1.29 is 10.2 Å². The third kappa shape index (κ3) is 3.98. The van der Waals surface area contributed by atoms with Crippen LogP contribution in [-0.4, -0.2) is 28.9 Å². The molecule has 1 unspecified atom stereocenters. The number of phenolic OH excluding ortho intramolecular Hbond substituents is 1. The minimum Gasteiger partial charge on any atom is -0.508 e. The molecule has 2 fully saturated rings. The molecule has 1 aromatic carbocycles. The molecule has 0 aliphatic heterocycles. The average Bonchev–Trinajstić information content (AvgIpc) is 3.33. The molecule has 1 aromatic rings. The molecule has 116 valence electrons. The van der Waals surface area contributed by atoms with E-state index < -0.39 is 0 Å². The van der Waals surface area contributed by atoms with Gasteiger partial charge in [0.25, 0.3) is 0 Å². The van der Waals surface area contributed by atoms with E-state index >= 15 is 0 Å². The number of phenols is 1. The SMILES string of the molecule is OCCC(NC1CCC(c2ccc(O)cc2)CC1)C1CC1. The van der Waals surface area contributed by atoms with E-state index in [4.69, 9.17) is 0 Å². The lowest BCUT2D eigenvalue weighted by Gasteiger charge is -2.32. The molecule has 2 aliphatic rings. The molecule has 0 radical (unpaired) electrons. The summed E-state index contributed by atoms with van der Waals surface area (Å²) in [4.78, 5) is 0. The number of aromatic hydroxyl groups is 1. The molecule has 3 nitrogen and oxygen atoms in total. The molecule has 0 spiro atoms. The highest BCUT2D eigenvalue weighted by Gasteiger charge is 2.33. The standard InChI is InChI=1S/C18H27NO2/c20-12-11-18(15-1-2-15)19-16-7-3-13(4-8-16)14-5-9-17(21)10-6-14/h5-6,9-10,13,15-16,18-21H,1-4,7-8,11-12H2. The summed E-state index contributed by atoms with van der Waals surface area (Å²) in [6.45, 7) is 0.303. The number of rotatable bonds is 6. The second kappa shape index (κ2) is 6.80. The molecule has 0 bridgehead atoms. The van der Waals surface area contributed by atoms with E-state index in [0.717, 1.165) is 12.3 Å². The van der Waals surface area contributed by atoms with E-state index in [9.17, 15) is 10.2 Å². The summed E-state index contributed by atoms with van der Waals surface area (Å²) in [5.41, 5.74) is 1.36. The Bertz CT molecular complexity index is 433. The third-order valence-electron chi connectivity index (χ3n) is 5.17. The quantitative estimate of drug-likeness (QED) is 0.754. The normalized spacial score (nSPS) is 27.5. The maximum absolute atomic E-state index is 9.37. The Morgan fingerprint density at radius 1 is 1.00 bits per heavy atom. The van der Waals surface area contributed by atoms with E-state index in [1.54, 1.807) is 12.1 Å². The first-order chi connectivity index (χ1) is 10.3. The van der Waals surface area contributed by atoms with Crippen LogP contribution >= 0.6 is 0 Å². The molecule has 2 saturated carbocycles. The first kappa shape index (κ1) is 14.9. The fourth-order valence-electron chi connectivity index (χ4n) is 3.74. The molecule has 3 N–H and O–H groups in total. The highest BCUT2D eigenvalue weighted by molar-refractivity contribution is 5.28. The van der Waals surface area contributed by atoms with Gasteiger partial charge in [0.2, 0.25) is 0 Å². The average molecular weight is 289 g/mol. The summed E-state index contributed by atoms with van der Waals surface area (Å²) in [5, 5.41) is 22.4. The first-order valence-electron chi connectivity index (χ1n) is 8.42. The van der Waals surface area contributed by atoms with Crippen molar-refractivity contribution in [3.05, 3.63) is 29.8 Å². The van der Waals surface area contributed by atoms with Gasteiger partial charge in [0.05, 0.1) is 0 Å². The zero-order chi connectivity index (χ0) is 14.7. The Hall–Kier alpha value is -1.06. The minimum atomic E-state index is 0.303. The van der Waals surface area contributed by atoms with E-state index in [1.807, 2.05) is 0 Å². The zero-order valence-corrected chi connectivity index (χ0v) is 12.7. The monoisotopic (exact) mass is 289 g/mol. The molecular formula is C18H27NO2. The summed E-state index contributed by atoms with van der Waals surface area (Å²) < 4.78 is 0. The summed E-state index contributed by atoms with van der Waals surface area (Å²) in [6, 6.07) is 8.87. The summed E-state index contributed by atoms with van der Waals surface area (Å²) >= 11 is 0. The molecule has 0 amide bonds. The molecule has 3 rings (SSSR count). The van der Waals surface area contributed by atoms with Crippen LogP contribution in [0.3, 0.4) is 0 Å². The smallest absolute Gasteiger partial charge is 0.115 e. The highest BCUT2D eigenvalue weighted by atomic mass is 16.3. The van der Waals surface area contributed by atoms with Crippen LogP contribution < -0.4 is 5.32 Å². The minimum absolute atomic E-state index is 0.303. The Morgan fingerprint density at radius 2 is 1.67 bits per heavy atom. The van der Waals surface area contributed by atoms with Gasteiger partial charge < -0.3 is 15.5 Å². The van der Waals surface area contributed by atoms with Crippen LogP contribution in [0, 0.1) is 5.92 Å². The van der Waals surface area contributed by atoms with Crippen LogP contribution in [0.4, 0.5) is 0 Å². The zero-order valence-electron chi connectivity index (χ0n) is 12.7. The molecule has 21 heavy (non-hydrogen) atoms. The van der Waals surface area contributed by atoms with Crippen LogP contribution in [0.2, 0.25) is 0 Å². The lowest BCUT2D eigenvalue weighted by atomic mass is 9.81. The number of aliphatic hydroxyl groups excluding tert-OH is 1. The number of aliphatic hydroxyl groups is 1. The second-order valence-electron chi connectivity index (χ2n) is 6.76. The van der Waals surface area contributed by atoms with Crippen molar-refractivity contribution in [2.24, 2.45) is 5.92 Å². The van der Waals surface area contributed by atoms with Gasteiger partial charge in [-0.2, -0.15) is 0 Å². The van der Waals surface area contributed by atoms with Gasteiger partial charge in [-0.25, -0.2) is 0 Å². The molecular weight excluding hydrogens is 262 g/mol. The van der Waals surface area contributed by atoms with Crippen molar-refractivity contribution >= 4 is 0 Å². The van der Waals surface area contributed by atoms with E-state index in [0.29, 0.717) is 30.4 Å². The van der Waals surface area contributed by atoms with Crippen molar-refractivity contribution in [3.63, 3.8) is 0 Å². The van der Waals surface area contributed by atoms with Crippen LogP contribution in [0.5, 0.6) is 5.75 Å². The highest BCUT2D eigenvalue weighted by Crippen LogP contribution is 2.37. The lowest BCUT2D eigenvalue weighted by molar-refractivity contribution is 0.233. The third-order valence-corrected chi connectivity index (χ3v) is 5.17. The van der Waals surface area contributed by atoms with E-state index in [1.165, 1.54) is 44.1 Å². The number of nitrogens with one attached hydrogen (secondary N) is 1. The molecule has 0 aromatic heterocycles. The van der Waals surface area contributed by atoms with Gasteiger partial charge >= 0.3 is 0 Å². The predicted molar refractivity (Wildman–Crippen MR) is 84.5 cm³/mol. The fraction of sp³-hybridized carbons (Fsp3) is 0.667.